The van der Waals surface area contributed by atoms with E-state index in [1.165, 1.54) is 7.61 Å². The normalized spacial score (nSPS) is 11.4. The van der Waals surface area contributed by atoms with Crippen LogP contribution < -0.4 is 0 Å². The third kappa shape index (κ3) is 5.12. The third-order valence-corrected chi connectivity index (χ3v) is 6.15. The van der Waals surface area contributed by atoms with Crippen LogP contribution in [-0.2, 0) is 75.4 Å². The molecule has 2 heterocycles. The van der Waals surface area contributed by atoms with Gasteiger partial charge in [0.05, 0.1) is 0 Å². The molecule has 2 aromatic rings. The van der Waals surface area contributed by atoms with E-state index in [1.54, 1.807) is 0 Å². The first-order valence-corrected chi connectivity index (χ1v) is 9.36. The molecular weight excluding hydrogens is 646 g/mol. The molecule has 22 heavy (non-hydrogen) atoms. The van der Waals surface area contributed by atoms with E-state index < -0.39 is 0 Å². The minimum atomic E-state index is 0.640. The number of nitrogens with zero attached hydrogens (tertiary/aromatic N) is 4. The molecule has 8 heteroatoms. The van der Waals surface area contributed by atoms with Crippen molar-refractivity contribution in [1.82, 2.24) is 18.3 Å². The quantitative estimate of drug-likeness (QED) is 0.373. The topological polar surface area (TPSA) is 38.2 Å². The Morgan fingerprint density at radius 2 is 1.14 bits per heavy atom. The molecule has 0 radical (unpaired) electrons. The average molecular weight is 669 g/mol. The van der Waals surface area contributed by atoms with Gasteiger partial charge in [-0.1, -0.05) is 0 Å². The molecule has 0 spiro atoms. The Balaban J connectivity index is 1.53. The van der Waals surface area contributed by atoms with Gasteiger partial charge in [0.15, 0.2) is 0 Å². The number of rotatable bonds is 9. The molecule has 0 fully saturated rings. The van der Waals surface area contributed by atoms with Gasteiger partial charge in [0.25, 0.3) is 0 Å². The van der Waals surface area contributed by atoms with Gasteiger partial charge < -0.3 is 0 Å². The summed E-state index contributed by atoms with van der Waals surface area (Å²) in [5.41, 5.74) is 0. The Kier molecular flexibility index (Phi) is 7.49. The first-order valence-electron chi connectivity index (χ1n) is 7.09. The van der Waals surface area contributed by atoms with E-state index in [9.17, 15) is 0 Å². The van der Waals surface area contributed by atoms with Crippen molar-refractivity contribution in [2.45, 2.75) is 13.1 Å². The summed E-state index contributed by atoms with van der Waals surface area (Å²) in [6.45, 7) is 4.44. The molecule has 130 valence electrons. The predicted octanol–water partition coefficient (Wildman–Crippen LogP) is 0.858. The van der Waals surface area contributed by atoms with E-state index in [0.29, 0.717) is 26.4 Å². The van der Waals surface area contributed by atoms with E-state index in [2.05, 4.69) is 69.4 Å². The maximum absolute atomic E-state index is 5.61. The molecule has 0 saturated heterocycles. The van der Waals surface area contributed by atoms with Crippen LogP contribution in [0.1, 0.15) is 0 Å². The number of imidazole rings is 2. The number of ether oxygens (including phenoxy) is 2. The van der Waals surface area contributed by atoms with Gasteiger partial charge >= 0.3 is 152 Å². The van der Waals surface area contributed by atoms with E-state index in [4.69, 9.17) is 9.47 Å². The van der Waals surface area contributed by atoms with E-state index in [0.717, 1.165) is 13.1 Å². The molecule has 0 unspecified atom stereocenters. The molecule has 0 aliphatic rings. The second-order valence-electron chi connectivity index (χ2n) is 4.91. The summed E-state index contributed by atoms with van der Waals surface area (Å²) in [5.74, 6) is 0. The Labute approximate surface area is 152 Å². The standard InChI is InChI=1S/C14H22N4O2.2Pt/c1-15-3-5-17(13-15)7-9-19-11-12-20-10-8-18-6-4-16(2)14-18;;/h3-6H,7-12H2,1-2H3;;. The molecule has 0 atom stereocenters. The first-order chi connectivity index (χ1) is 10.6. The van der Waals surface area contributed by atoms with Gasteiger partial charge in [-0.15, -0.1) is 0 Å². The van der Waals surface area contributed by atoms with Crippen molar-refractivity contribution in [2.75, 3.05) is 26.4 Å². The Hall–Kier alpha value is -0.283. The zero-order chi connectivity index (χ0) is 15.9. The van der Waals surface area contributed by atoms with Crippen molar-refractivity contribution < 1.29 is 48.2 Å². The van der Waals surface area contributed by atoms with Crippen molar-refractivity contribution in [3.05, 3.63) is 32.4 Å². The summed E-state index contributed by atoms with van der Waals surface area (Å²) in [7, 11) is 4.08. The van der Waals surface area contributed by atoms with E-state index in [1.807, 2.05) is 26.5 Å². The number of aromatic nitrogens is 4. The van der Waals surface area contributed by atoms with E-state index >= 15 is 0 Å². The second-order valence-corrected chi connectivity index (χ2v) is 6.94. The van der Waals surface area contributed by atoms with Gasteiger partial charge in [0.2, 0.25) is 0 Å². The molecular formula is C14H22N4O2Pt2. The van der Waals surface area contributed by atoms with Gasteiger partial charge in [-0.25, -0.2) is 0 Å². The summed E-state index contributed by atoms with van der Waals surface area (Å²) < 4.78 is 22.2. The minimum absolute atomic E-state index is 0.640. The SMILES string of the molecule is Cn1ccn(CCOCCOCCn2ccn(C)[c]2=[Pt])[c]1=[Pt]. The Morgan fingerprint density at radius 3 is 1.45 bits per heavy atom. The van der Waals surface area contributed by atoms with Gasteiger partial charge in [-0.3, -0.25) is 0 Å². The fourth-order valence-electron chi connectivity index (χ4n) is 1.96. The number of aryl methyl sites for hydroxylation is 2. The van der Waals surface area contributed by atoms with Gasteiger partial charge in [0.1, 0.15) is 0 Å². The summed E-state index contributed by atoms with van der Waals surface area (Å²) in [6, 6.07) is 0. The van der Waals surface area contributed by atoms with Crippen molar-refractivity contribution >= 4 is 0 Å². The van der Waals surface area contributed by atoms with Gasteiger partial charge in [-0.05, 0) is 0 Å². The molecule has 2 rings (SSSR count). The molecule has 2 aromatic heterocycles. The molecule has 0 aromatic carbocycles. The number of hydrogen-bond acceptors (Lipinski definition) is 2. The van der Waals surface area contributed by atoms with E-state index in [-0.39, 0.29) is 0 Å². The zero-order valence-electron chi connectivity index (χ0n) is 12.8. The Bertz CT molecular complexity index is 638. The van der Waals surface area contributed by atoms with Crippen molar-refractivity contribution in [2.24, 2.45) is 14.1 Å². The summed E-state index contributed by atoms with van der Waals surface area (Å²) in [6.07, 6.45) is 8.24. The monoisotopic (exact) mass is 668 g/mol. The van der Waals surface area contributed by atoms with Crippen LogP contribution in [0.25, 0.3) is 0 Å². The van der Waals surface area contributed by atoms with Crippen LogP contribution in [0, 0.1) is 7.61 Å². The fraction of sp³-hybridized carbons (Fsp3) is 0.571. The molecule has 0 amide bonds. The van der Waals surface area contributed by atoms with Crippen LogP contribution in [0.15, 0.2) is 24.8 Å². The molecule has 0 bridgehead atoms. The molecule has 0 aliphatic carbocycles. The van der Waals surface area contributed by atoms with Crippen LogP contribution in [0.2, 0.25) is 0 Å². The molecule has 0 aliphatic heterocycles. The van der Waals surface area contributed by atoms with Crippen LogP contribution in [0.5, 0.6) is 0 Å². The van der Waals surface area contributed by atoms with Crippen LogP contribution in [-0.4, -0.2) is 44.7 Å². The predicted molar refractivity (Wildman–Crippen MR) is 74.9 cm³/mol. The van der Waals surface area contributed by atoms with Crippen molar-refractivity contribution in [3.63, 3.8) is 0 Å². The molecule has 0 saturated carbocycles. The van der Waals surface area contributed by atoms with Crippen molar-refractivity contribution in [3.8, 4) is 0 Å². The zero-order valence-corrected chi connectivity index (χ0v) is 17.3. The van der Waals surface area contributed by atoms with Gasteiger partial charge in [-0.2, -0.15) is 0 Å². The first kappa shape index (κ1) is 18.1. The summed E-state index contributed by atoms with van der Waals surface area (Å²) in [5, 5.41) is 0. The summed E-state index contributed by atoms with van der Waals surface area (Å²) >= 11 is 4.63. The van der Waals surface area contributed by atoms with Gasteiger partial charge in [0, 0.05) is 0 Å². The third-order valence-electron chi connectivity index (χ3n) is 3.24. The van der Waals surface area contributed by atoms with Crippen molar-refractivity contribution in [1.29, 1.82) is 0 Å². The van der Waals surface area contributed by atoms with Crippen LogP contribution >= 0.6 is 0 Å². The van der Waals surface area contributed by atoms with Crippen LogP contribution in [0.4, 0.5) is 0 Å². The molecule has 6 nitrogen and oxygen atoms in total. The number of hydrogen-bond donors (Lipinski definition) is 0. The fourth-order valence-corrected chi connectivity index (χ4v) is 3.15. The van der Waals surface area contributed by atoms with Crippen LogP contribution in [0.3, 0.4) is 0 Å². The summed E-state index contributed by atoms with van der Waals surface area (Å²) in [4.78, 5) is 0. The second kappa shape index (κ2) is 9.12. The maximum atomic E-state index is 5.61. The molecule has 0 N–H and O–H groups in total. The average Bonchev–Trinajstić information content (AvgIpc) is 2.99. The Morgan fingerprint density at radius 1 is 0.727 bits per heavy atom.